The van der Waals surface area contributed by atoms with Crippen molar-refractivity contribution in [3.05, 3.63) is 111 Å². The van der Waals surface area contributed by atoms with Gasteiger partial charge in [0.15, 0.2) is 5.78 Å². The van der Waals surface area contributed by atoms with Crippen LogP contribution in [0.1, 0.15) is 38.5 Å². The second-order valence-corrected chi connectivity index (χ2v) is 6.63. The highest BCUT2D eigenvalue weighted by atomic mass is 16.3. The number of nitriles is 1. The van der Waals surface area contributed by atoms with E-state index in [9.17, 15) is 20.0 Å². The highest BCUT2D eigenvalue weighted by Gasteiger charge is 2.30. The molecule has 1 aromatic heterocycles. The van der Waals surface area contributed by atoms with Gasteiger partial charge in [-0.25, -0.2) is 0 Å². The second kappa shape index (κ2) is 8.41. The summed E-state index contributed by atoms with van der Waals surface area (Å²) in [6, 6.07) is 20.3. The minimum Gasteiger partial charge on any atom is -0.494 e. The van der Waals surface area contributed by atoms with Gasteiger partial charge in [0.05, 0.1) is 11.5 Å². The third-order valence-corrected chi connectivity index (χ3v) is 4.89. The standard InChI is InChI=1S/C24H20N2O3/c1-3-14-26-23(28)19(15-25)16(2)20(24(26)29)22(27)21(17-10-6-4-7-11-17)18-12-8-5-9-13-18/h3-13,21,29H,1,14H2,2H3. The van der Waals surface area contributed by atoms with Crippen molar-refractivity contribution < 1.29 is 9.90 Å². The summed E-state index contributed by atoms with van der Waals surface area (Å²) in [6.45, 7) is 5.08. The molecule has 0 bridgehead atoms. The van der Waals surface area contributed by atoms with Crippen LogP contribution in [0.25, 0.3) is 0 Å². The summed E-state index contributed by atoms with van der Waals surface area (Å²) in [5.41, 5.74) is 0.852. The Bertz CT molecular complexity index is 1120. The van der Waals surface area contributed by atoms with Gasteiger partial charge in [0.1, 0.15) is 11.6 Å². The molecule has 5 heteroatoms. The zero-order valence-electron chi connectivity index (χ0n) is 16.0. The first-order valence-electron chi connectivity index (χ1n) is 9.12. The average Bonchev–Trinajstić information content (AvgIpc) is 2.73. The molecule has 3 aromatic rings. The van der Waals surface area contributed by atoms with Gasteiger partial charge >= 0.3 is 0 Å². The normalized spacial score (nSPS) is 10.5. The number of pyridine rings is 1. The largest absolute Gasteiger partial charge is 0.494 e. The van der Waals surface area contributed by atoms with Gasteiger partial charge in [-0.05, 0) is 23.6 Å². The molecule has 0 radical (unpaired) electrons. The third kappa shape index (κ3) is 3.61. The molecule has 144 valence electrons. The first-order valence-corrected chi connectivity index (χ1v) is 9.12. The summed E-state index contributed by atoms with van der Waals surface area (Å²) >= 11 is 0. The zero-order chi connectivity index (χ0) is 21.0. The van der Waals surface area contributed by atoms with E-state index >= 15 is 0 Å². The summed E-state index contributed by atoms with van der Waals surface area (Å²) < 4.78 is 0.999. The number of allylic oxidation sites excluding steroid dienone is 1. The number of hydrogen-bond acceptors (Lipinski definition) is 4. The van der Waals surface area contributed by atoms with Crippen molar-refractivity contribution in [3.8, 4) is 11.9 Å². The van der Waals surface area contributed by atoms with Crippen LogP contribution in [0.2, 0.25) is 0 Å². The van der Waals surface area contributed by atoms with Gasteiger partial charge in [-0.15, -0.1) is 6.58 Å². The van der Waals surface area contributed by atoms with Crippen LogP contribution < -0.4 is 5.56 Å². The fraction of sp³-hybridized carbons (Fsp3) is 0.125. The van der Waals surface area contributed by atoms with Crippen LogP contribution >= 0.6 is 0 Å². The Kier molecular flexibility index (Phi) is 5.75. The number of carbonyl (C=O) groups is 1. The molecule has 0 saturated heterocycles. The van der Waals surface area contributed by atoms with E-state index in [1.54, 1.807) is 0 Å². The minimum absolute atomic E-state index is 0.0127. The van der Waals surface area contributed by atoms with E-state index in [2.05, 4.69) is 6.58 Å². The molecular formula is C24H20N2O3. The number of aromatic hydroxyl groups is 1. The number of aromatic nitrogens is 1. The van der Waals surface area contributed by atoms with E-state index in [0.29, 0.717) is 0 Å². The van der Waals surface area contributed by atoms with Crippen LogP contribution in [0, 0.1) is 18.3 Å². The molecule has 2 aromatic carbocycles. The highest BCUT2D eigenvalue weighted by molar-refractivity contribution is 6.06. The Morgan fingerprint density at radius 1 is 1.14 bits per heavy atom. The molecule has 0 unspecified atom stereocenters. The first-order chi connectivity index (χ1) is 14.0. The lowest BCUT2D eigenvalue weighted by Gasteiger charge is -2.20. The molecule has 0 amide bonds. The Morgan fingerprint density at radius 2 is 1.66 bits per heavy atom. The predicted octanol–water partition coefficient (Wildman–Crippen LogP) is 3.93. The molecule has 0 saturated carbocycles. The van der Waals surface area contributed by atoms with Gasteiger partial charge in [0.2, 0.25) is 5.88 Å². The summed E-state index contributed by atoms with van der Waals surface area (Å²) in [4.78, 5) is 26.3. The molecule has 1 heterocycles. The average molecular weight is 384 g/mol. The van der Waals surface area contributed by atoms with Gasteiger partial charge in [0, 0.05) is 6.54 Å². The Morgan fingerprint density at radius 3 is 2.10 bits per heavy atom. The van der Waals surface area contributed by atoms with Gasteiger partial charge in [0.25, 0.3) is 5.56 Å². The van der Waals surface area contributed by atoms with E-state index in [1.165, 1.54) is 13.0 Å². The number of ketones is 1. The Hall–Kier alpha value is -3.91. The quantitative estimate of drug-likeness (QED) is 0.515. The van der Waals surface area contributed by atoms with Crippen molar-refractivity contribution in [2.24, 2.45) is 0 Å². The highest BCUT2D eigenvalue weighted by Crippen LogP contribution is 2.33. The van der Waals surface area contributed by atoms with E-state index in [1.807, 2.05) is 66.7 Å². The smallest absolute Gasteiger partial charge is 0.271 e. The predicted molar refractivity (Wildman–Crippen MR) is 111 cm³/mol. The molecule has 1 N–H and O–H groups in total. The number of rotatable bonds is 6. The molecule has 0 spiro atoms. The maximum absolute atomic E-state index is 13.7. The van der Waals surface area contributed by atoms with Gasteiger partial charge in [-0.3, -0.25) is 14.2 Å². The molecule has 0 aliphatic heterocycles. The Balaban J connectivity index is 2.29. The number of benzene rings is 2. The van der Waals surface area contributed by atoms with Crippen molar-refractivity contribution >= 4 is 5.78 Å². The van der Waals surface area contributed by atoms with Crippen LogP contribution in [-0.4, -0.2) is 15.5 Å². The molecule has 0 aliphatic carbocycles. The van der Waals surface area contributed by atoms with E-state index in [4.69, 9.17) is 0 Å². The topological polar surface area (TPSA) is 83.1 Å². The summed E-state index contributed by atoms with van der Waals surface area (Å²) in [6.07, 6.45) is 1.43. The molecule has 0 atom stereocenters. The van der Waals surface area contributed by atoms with Crippen molar-refractivity contribution in [2.75, 3.05) is 0 Å². The fourth-order valence-corrected chi connectivity index (χ4v) is 3.47. The molecule has 0 fully saturated rings. The van der Waals surface area contributed by atoms with Gasteiger partial charge in [-0.1, -0.05) is 66.7 Å². The number of carbonyl (C=O) groups excluding carboxylic acids is 1. The van der Waals surface area contributed by atoms with Crippen molar-refractivity contribution in [1.82, 2.24) is 4.57 Å². The first kappa shape index (κ1) is 19.8. The number of hydrogen-bond donors (Lipinski definition) is 1. The van der Waals surface area contributed by atoms with Crippen molar-refractivity contribution in [1.29, 1.82) is 5.26 Å². The van der Waals surface area contributed by atoms with Crippen molar-refractivity contribution in [2.45, 2.75) is 19.4 Å². The van der Waals surface area contributed by atoms with Crippen LogP contribution in [0.15, 0.2) is 78.1 Å². The van der Waals surface area contributed by atoms with Crippen LogP contribution in [0.5, 0.6) is 5.88 Å². The maximum atomic E-state index is 13.7. The summed E-state index contributed by atoms with van der Waals surface area (Å²) in [7, 11) is 0. The van der Waals surface area contributed by atoms with E-state index in [0.717, 1.165) is 15.7 Å². The fourth-order valence-electron chi connectivity index (χ4n) is 3.47. The molecule has 0 aliphatic rings. The lowest BCUT2D eigenvalue weighted by atomic mass is 9.83. The van der Waals surface area contributed by atoms with Gasteiger partial charge < -0.3 is 5.11 Å². The molecule has 5 nitrogen and oxygen atoms in total. The SMILES string of the molecule is C=CCn1c(O)c(C(=O)C(c2ccccc2)c2ccccc2)c(C)c(C#N)c1=O. The third-order valence-electron chi connectivity index (χ3n) is 4.89. The summed E-state index contributed by atoms with van der Waals surface area (Å²) in [5, 5.41) is 20.3. The van der Waals surface area contributed by atoms with Crippen LogP contribution in [-0.2, 0) is 6.54 Å². The molecule has 29 heavy (non-hydrogen) atoms. The van der Waals surface area contributed by atoms with E-state index in [-0.39, 0.29) is 29.0 Å². The van der Waals surface area contributed by atoms with Crippen LogP contribution in [0.4, 0.5) is 0 Å². The maximum Gasteiger partial charge on any atom is 0.271 e. The second-order valence-electron chi connectivity index (χ2n) is 6.63. The van der Waals surface area contributed by atoms with Crippen molar-refractivity contribution in [3.63, 3.8) is 0 Å². The Labute approximate surface area is 168 Å². The summed E-state index contributed by atoms with van der Waals surface area (Å²) in [5.74, 6) is -1.52. The minimum atomic E-state index is -0.691. The zero-order valence-corrected chi connectivity index (χ0v) is 16.0. The lowest BCUT2D eigenvalue weighted by molar-refractivity contribution is 0.0969. The van der Waals surface area contributed by atoms with Gasteiger partial charge in [-0.2, -0.15) is 5.26 Å². The number of nitrogens with zero attached hydrogens (tertiary/aromatic N) is 2. The number of Topliss-reactive ketones (excluding diaryl/α,β-unsaturated/α-hetero) is 1. The lowest BCUT2D eigenvalue weighted by Crippen LogP contribution is -2.27. The monoisotopic (exact) mass is 384 g/mol. The molecular weight excluding hydrogens is 364 g/mol. The van der Waals surface area contributed by atoms with Crippen LogP contribution in [0.3, 0.4) is 0 Å². The van der Waals surface area contributed by atoms with E-state index < -0.39 is 17.4 Å². The molecule has 3 rings (SSSR count).